The van der Waals surface area contributed by atoms with Gasteiger partial charge >= 0.3 is 6.03 Å². The third kappa shape index (κ3) is 4.72. The molecule has 132 valence electrons. The molecule has 1 aliphatic heterocycles. The van der Waals surface area contributed by atoms with E-state index in [1.165, 1.54) is 6.33 Å². The summed E-state index contributed by atoms with van der Waals surface area (Å²) in [4.78, 5) is 25.0. The van der Waals surface area contributed by atoms with Crippen LogP contribution < -0.4 is 15.5 Å². The average Bonchev–Trinajstić information content (AvgIpc) is 2.58. The van der Waals surface area contributed by atoms with Gasteiger partial charge in [0.2, 0.25) is 0 Å². The fraction of sp³-hybridized carbons (Fsp3) is 0.312. The SMILES string of the molecule is CN1CCN(c2cc(NC(=O)Nc3ccc(Cl)cc3Cl)ncn2)CC1. The third-order valence-electron chi connectivity index (χ3n) is 3.90. The predicted molar refractivity (Wildman–Crippen MR) is 101 cm³/mol. The zero-order valence-corrected chi connectivity index (χ0v) is 15.2. The molecule has 2 N–H and O–H groups in total. The van der Waals surface area contributed by atoms with Gasteiger partial charge in [0, 0.05) is 37.3 Å². The molecule has 0 atom stereocenters. The summed E-state index contributed by atoms with van der Waals surface area (Å²) < 4.78 is 0. The molecule has 1 aromatic carbocycles. The van der Waals surface area contributed by atoms with Gasteiger partial charge in [0.05, 0.1) is 10.7 Å². The van der Waals surface area contributed by atoms with E-state index < -0.39 is 6.03 Å². The summed E-state index contributed by atoms with van der Waals surface area (Å²) in [7, 11) is 2.09. The Hall–Kier alpha value is -2.09. The molecule has 0 radical (unpaired) electrons. The maximum Gasteiger partial charge on any atom is 0.324 e. The monoisotopic (exact) mass is 380 g/mol. The zero-order chi connectivity index (χ0) is 17.8. The molecule has 0 unspecified atom stereocenters. The van der Waals surface area contributed by atoms with E-state index in [0.29, 0.717) is 21.6 Å². The van der Waals surface area contributed by atoms with E-state index in [9.17, 15) is 4.79 Å². The fourth-order valence-corrected chi connectivity index (χ4v) is 2.94. The number of nitrogens with one attached hydrogen (secondary N) is 2. The minimum absolute atomic E-state index is 0.364. The number of carbonyl (C=O) groups is 1. The van der Waals surface area contributed by atoms with E-state index in [4.69, 9.17) is 23.2 Å². The molecule has 1 saturated heterocycles. The number of hydrogen-bond acceptors (Lipinski definition) is 5. The number of aromatic nitrogens is 2. The Balaban J connectivity index is 1.64. The van der Waals surface area contributed by atoms with Crippen LogP contribution in [0.15, 0.2) is 30.6 Å². The standard InChI is InChI=1S/C16H18Cl2N6O/c1-23-4-6-24(7-5-23)15-9-14(19-10-20-15)22-16(25)21-13-3-2-11(17)8-12(13)18/h2-3,8-10H,4-7H2,1H3,(H2,19,20,21,22,25). The number of hydrogen-bond donors (Lipinski definition) is 2. The van der Waals surface area contributed by atoms with E-state index in [1.54, 1.807) is 24.3 Å². The van der Waals surface area contributed by atoms with Gasteiger partial charge in [0.15, 0.2) is 0 Å². The molecule has 0 spiro atoms. The molecule has 1 aromatic heterocycles. The molecule has 2 aromatic rings. The lowest BCUT2D eigenvalue weighted by atomic mass is 10.3. The number of piperazine rings is 1. The fourth-order valence-electron chi connectivity index (χ4n) is 2.48. The van der Waals surface area contributed by atoms with E-state index >= 15 is 0 Å². The smallest absolute Gasteiger partial charge is 0.324 e. The van der Waals surface area contributed by atoms with Crippen molar-refractivity contribution in [2.75, 3.05) is 48.8 Å². The summed E-state index contributed by atoms with van der Waals surface area (Å²) in [6.45, 7) is 3.73. The first-order valence-corrected chi connectivity index (χ1v) is 8.55. The van der Waals surface area contributed by atoms with Gasteiger partial charge in [0.1, 0.15) is 18.0 Å². The quantitative estimate of drug-likeness (QED) is 0.855. The molecule has 1 fully saturated rings. The first kappa shape index (κ1) is 17.7. The molecule has 2 amide bonds. The summed E-state index contributed by atoms with van der Waals surface area (Å²) in [5, 5.41) is 6.23. The predicted octanol–water partition coefficient (Wildman–Crippen LogP) is 3.18. The summed E-state index contributed by atoms with van der Waals surface area (Å²) in [6.07, 6.45) is 1.44. The number of anilines is 3. The minimum Gasteiger partial charge on any atom is -0.354 e. The Morgan fingerprint density at radius 3 is 2.56 bits per heavy atom. The number of amides is 2. The first-order chi connectivity index (χ1) is 12.0. The maximum atomic E-state index is 12.2. The lowest BCUT2D eigenvalue weighted by molar-refractivity contribution is 0.262. The topological polar surface area (TPSA) is 73.4 Å². The Morgan fingerprint density at radius 2 is 1.84 bits per heavy atom. The van der Waals surface area contributed by atoms with Crippen molar-refractivity contribution in [3.63, 3.8) is 0 Å². The van der Waals surface area contributed by atoms with Crippen molar-refractivity contribution in [2.45, 2.75) is 0 Å². The first-order valence-electron chi connectivity index (χ1n) is 7.80. The highest BCUT2D eigenvalue weighted by molar-refractivity contribution is 6.36. The average molecular weight is 381 g/mol. The molecule has 1 aliphatic rings. The minimum atomic E-state index is -0.438. The van der Waals surface area contributed by atoms with Crippen molar-refractivity contribution >= 4 is 46.6 Å². The molecule has 2 heterocycles. The van der Waals surface area contributed by atoms with E-state index in [0.717, 1.165) is 32.0 Å². The van der Waals surface area contributed by atoms with Crippen molar-refractivity contribution < 1.29 is 4.79 Å². The lowest BCUT2D eigenvalue weighted by Crippen LogP contribution is -2.44. The van der Waals surface area contributed by atoms with Gasteiger partial charge < -0.3 is 15.1 Å². The van der Waals surface area contributed by atoms with Gasteiger partial charge in [-0.2, -0.15) is 0 Å². The summed E-state index contributed by atoms with van der Waals surface area (Å²) in [6, 6.07) is 6.18. The van der Waals surface area contributed by atoms with Gasteiger partial charge in [-0.25, -0.2) is 14.8 Å². The van der Waals surface area contributed by atoms with E-state index in [2.05, 4.69) is 37.4 Å². The van der Waals surface area contributed by atoms with Crippen LogP contribution >= 0.6 is 23.2 Å². The van der Waals surface area contributed by atoms with E-state index in [1.807, 2.05) is 0 Å². The Labute approximate surface area is 155 Å². The van der Waals surface area contributed by atoms with Crippen LogP contribution in [0.4, 0.5) is 22.1 Å². The molecule has 3 rings (SSSR count). The second kappa shape index (κ2) is 7.86. The molecule has 0 aliphatic carbocycles. The Morgan fingerprint density at radius 1 is 1.08 bits per heavy atom. The Kier molecular flexibility index (Phi) is 5.57. The van der Waals surface area contributed by atoms with Crippen molar-refractivity contribution in [1.29, 1.82) is 0 Å². The number of carbonyl (C=O) groups excluding carboxylic acids is 1. The van der Waals surface area contributed by atoms with Crippen LogP contribution in [0.2, 0.25) is 10.0 Å². The summed E-state index contributed by atoms with van der Waals surface area (Å²) >= 11 is 11.9. The van der Waals surface area contributed by atoms with Crippen molar-refractivity contribution in [1.82, 2.24) is 14.9 Å². The molecule has 9 heteroatoms. The molecule has 25 heavy (non-hydrogen) atoms. The van der Waals surface area contributed by atoms with Gasteiger partial charge in [-0.3, -0.25) is 5.32 Å². The second-order valence-electron chi connectivity index (χ2n) is 5.76. The van der Waals surface area contributed by atoms with Gasteiger partial charge in [0.25, 0.3) is 0 Å². The van der Waals surface area contributed by atoms with Gasteiger partial charge in [-0.1, -0.05) is 23.2 Å². The highest BCUT2D eigenvalue weighted by atomic mass is 35.5. The zero-order valence-electron chi connectivity index (χ0n) is 13.7. The normalized spacial score (nSPS) is 15.1. The number of urea groups is 1. The van der Waals surface area contributed by atoms with Crippen molar-refractivity contribution in [3.05, 3.63) is 40.6 Å². The van der Waals surface area contributed by atoms with Crippen molar-refractivity contribution in [3.8, 4) is 0 Å². The van der Waals surface area contributed by atoms with Crippen LogP contribution in [0.25, 0.3) is 0 Å². The van der Waals surface area contributed by atoms with Crippen LogP contribution in [0.3, 0.4) is 0 Å². The molecule has 0 bridgehead atoms. The van der Waals surface area contributed by atoms with E-state index in [-0.39, 0.29) is 0 Å². The molecule has 0 saturated carbocycles. The number of likely N-dealkylation sites (N-methyl/N-ethyl adjacent to an activating group) is 1. The number of nitrogens with zero attached hydrogens (tertiary/aromatic N) is 4. The highest BCUT2D eigenvalue weighted by Gasteiger charge is 2.16. The number of benzene rings is 1. The highest BCUT2D eigenvalue weighted by Crippen LogP contribution is 2.25. The number of rotatable bonds is 3. The lowest BCUT2D eigenvalue weighted by Gasteiger charge is -2.33. The largest absolute Gasteiger partial charge is 0.354 e. The van der Waals surface area contributed by atoms with Gasteiger partial charge in [-0.15, -0.1) is 0 Å². The van der Waals surface area contributed by atoms with Crippen LogP contribution in [0.1, 0.15) is 0 Å². The van der Waals surface area contributed by atoms with Crippen LogP contribution in [-0.4, -0.2) is 54.1 Å². The van der Waals surface area contributed by atoms with Crippen LogP contribution in [-0.2, 0) is 0 Å². The van der Waals surface area contributed by atoms with Crippen molar-refractivity contribution in [2.24, 2.45) is 0 Å². The number of halogens is 2. The second-order valence-corrected chi connectivity index (χ2v) is 6.60. The third-order valence-corrected chi connectivity index (χ3v) is 4.45. The maximum absolute atomic E-state index is 12.2. The van der Waals surface area contributed by atoms with Crippen LogP contribution in [0, 0.1) is 0 Å². The molecule has 7 nitrogen and oxygen atoms in total. The summed E-state index contributed by atoms with van der Waals surface area (Å²) in [5.41, 5.74) is 0.469. The van der Waals surface area contributed by atoms with Crippen LogP contribution in [0.5, 0.6) is 0 Å². The summed E-state index contributed by atoms with van der Waals surface area (Å²) in [5.74, 6) is 1.22. The molecular weight excluding hydrogens is 363 g/mol. The van der Waals surface area contributed by atoms with Gasteiger partial charge in [-0.05, 0) is 25.2 Å². The Bertz CT molecular complexity index is 764. The molecular formula is C16H18Cl2N6O.